The van der Waals surface area contributed by atoms with Gasteiger partial charge in [0.2, 0.25) is 0 Å². The zero-order chi connectivity index (χ0) is 8.97. The van der Waals surface area contributed by atoms with Crippen LogP contribution in [-0.2, 0) is 17.8 Å². The van der Waals surface area contributed by atoms with E-state index in [4.69, 9.17) is 5.11 Å². The molecule has 0 unspecified atom stereocenters. The summed E-state index contributed by atoms with van der Waals surface area (Å²) in [5.41, 5.74) is 0.760. The first-order chi connectivity index (χ1) is 5.72. The number of hydrogen-bond acceptors (Lipinski definition) is 2. The first-order valence-electron chi connectivity index (χ1n) is 3.95. The zero-order valence-corrected chi connectivity index (χ0v) is 7.03. The van der Waals surface area contributed by atoms with E-state index in [0.717, 1.165) is 18.5 Å². The molecule has 0 aromatic carbocycles. The number of nitrogens with zero attached hydrogens (tertiary/aromatic N) is 2. The van der Waals surface area contributed by atoms with Gasteiger partial charge in [-0.15, -0.1) is 0 Å². The van der Waals surface area contributed by atoms with Gasteiger partial charge in [0, 0.05) is 18.3 Å². The van der Waals surface area contributed by atoms with Crippen LogP contribution in [0.5, 0.6) is 0 Å². The van der Waals surface area contributed by atoms with Gasteiger partial charge in [-0.25, -0.2) is 0 Å². The molecule has 1 heterocycles. The Labute approximate surface area is 70.8 Å². The van der Waals surface area contributed by atoms with E-state index in [2.05, 4.69) is 12.0 Å². The number of aliphatic carboxylic acids is 1. The fraction of sp³-hybridized carbons (Fsp3) is 0.500. The van der Waals surface area contributed by atoms with Crippen LogP contribution in [0.3, 0.4) is 0 Å². The monoisotopic (exact) mass is 168 g/mol. The maximum Gasteiger partial charge on any atom is 0.307 e. The molecule has 4 nitrogen and oxygen atoms in total. The highest BCUT2D eigenvalue weighted by atomic mass is 16.4. The van der Waals surface area contributed by atoms with E-state index in [1.807, 2.05) is 0 Å². The Kier molecular flexibility index (Phi) is 2.85. The highest BCUT2D eigenvalue weighted by Gasteiger charge is 2.02. The van der Waals surface area contributed by atoms with E-state index in [1.165, 1.54) is 0 Å². The molecular weight excluding hydrogens is 156 g/mol. The summed E-state index contributed by atoms with van der Waals surface area (Å²) in [6.45, 7) is 2.90. The van der Waals surface area contributed by atoms with Crippen LogP contribution < -0.4 is 0 Å². The zero-order valence-electron chi connectivity index (χ0n) is 7.03. The van der Waals surface area contributed by atoms with Gasteiger partial charge in [0.1, 0.15) is 0 Å². The molecule has 66 valence electrons. The minimum Gasteiger partial charge on any atom is -0.481 e. The van der Waals surface area contributed by atoms with Gasteiger partial charge in [-0.1, -0.05) is 6.92 Å². The van der Waals surface area contributed by atoms with Crippen molar-refractivity contribution in [2.75, 3.05) is 0 Å². The second-order valence-corrected chi connectivity index (χ2v) is 2.68. The van der Waals surface area contributed by atoms with Crippen LogP contribution in [0.1, 0.15) is 18.9 Å². The second kappa shape index (κ2) is 3.90. The van der Waals surface area contributed by atoms with Gasteiger partial charge in [0.15, 0.2) is 0 Å². The summed E-state index contributed by atoms with van der Waals surface area (Å²) in [6.07, 6.45) is 4.44. The molecule has 1 aromatic rings. The molecule has 1 N–H and O–H groups in total. The van der Waals surface area contributed by atoms with Crippen molar-refractivity contribution in [3.63, 3.8) is 0 Å². The largest absolute Gasteiger partial charge is 0.481 e. The maximum absolute atomic E-state index is 10.3. The van der Waals surface area contributed by atoms with Crippen LogP contribution in [0.2, 0.25) is 0 Å². The van der Waals surface area contributed by atoms with Crippen molar-refractivity contribution >= 4 is 5.97 Å². The fourth-order valence-corrected chi connectivity index (χ4v) is 1.02. The van der Waals surface area contributed by atoms with Gasteiger partial charge in [-0.05, 0) is 6.42 Å². The Bertz CT molecular complexity index is 268. The smallest absolute Gasteiger partial charge is 0.307 e. The number of aryl methyl sites for hydroxylation is 1. The lowest BCUT2D eigenvalue weighted by Crippen LogP contribution is -1.99. The van der Waals surface area contributed by atoms with Crippen molar-refractivity contribution in [1.29, 1.82) is 0 Å². The Balaban J connectivity index is 2.58. The van der Waals surface area contributed by atoms with E-state index < -0.39 is 5.97 Å². The molecule has 0 bridgehead atoms. The maximum atomic E-state index is 10.3. The Hall–Kier alpha value is -1.32. The molecule has 0 atom stereocenters. The van der Waals surface area contributed by atoms with E-state index >= 15 is 0 Å². The van der Waals surface area contributed by atoms with Crippen LogP contribution in [0.15, 0.2) is 12.4 Å². The minimum absolute atomic E-state index is 0.0592. The summed E-state index contributed by atoms with van der Waals surface area (Å²) >= 11 is 0. The van der Waals surface area contributed by atoms with E-state index in [1.54, 1.807) is 17.1 Å². The number of carbonyl (C=O) groups is 1. The molecule has 0 radical (unpaired) electrons. The molecule has 4 heteroatoms. The van der Waals surface area contributed by atoms with Gasteiger partial charge in [-0.3, -0.25) is 9.48 Å². The van der Waals surface area contributed by atoms with Crippen molar-refractivity contribution < 1.29 is 9.90 Å². The van der Waals surface area contributed by atoms with Crippen molar-refractivity contribution in [3.05, 3.63) is 18.0 Å². The topological polar surface area (TPSA) is 55.1 Å². The summed E-state index contributed by atoms with van der Waals surface area (Å²) in [5, 5.41) is 12.5. The molecule has 0 amide bonds. The molecule has 0 saturated carbocycles. The molecule has 1 aromatic heterocycles. The van der Waals surface area contributed by atoms with Gasteiger partial charge >= 0.3 is 5.97 Å². The SMILES string of the molecule is CCCn1cc(CC(=O)O)cn1. The first kappa shape index (κ1) is 8.77. The molecule has 0 saturated heterocycles. The lowest BCUT2D eigenvalue weighted by molar-refractivity contribution is -0.136. The number of aromatic nitrogens is 2. The lowest BCUT2D eigenvalue weighted by atomic mass is 10.3. The number of carboxylic acids is 1. The van der Waals surface area contributed by atoms with Crippen molar-refractivity contribution in [2.24, 2.45) is 0 Å². The van der Waals surface area contributed by atoms with Crippen molar-refractivity contribution in [2.45, 2.75) is 26.3 Å². The molecule has 0 aliphatic carbocycles. The first-order valence-corrected chi connectivity index (χ1v) is 3.95. The quantitative estimate of drug-likeness (QED) is 0.727. The van der Waals surface area contributed by atoms with Crippen LogP contribution in [0.4, 0.5) is 0 Å². The van der Waals surface area contributed by atoms with Crippen LogP contribution >= 0.6 is 0 Å². The van der Waals surface area contributed by atoms with Crippen LogP contribution in [-0.4, -0.2) is 20.9 Å². The highest BCUT2D eigenvalue weighted by molar-refractivity contribution is 5.69. The normalized spacial score (nSPS) is 10.1. The fourth-order valence-electron chi connectivity index (χ4n) is 1.02. The summed E-state index contributed by atoms with van der Waals surface area (Å²) < 4.78 is 1.76. The number of rotatable bonds is 4. The van der Waals surface area contributed by atoms with Gasteiger partial charge in [0.25, 0.3) is 0 Å². The van der Waals surface area contributed by atoms with Gasteiger partial charge in [-0.2, -0.15) is 5.10 Å². The van der Waals surface area contributed by atoms with E-state index in [0.29, 0.717) is 0 Å². The lowest BCUT2D eigenvalue weighted by Gasteiger charge is -1.94. The average molecular weight is 168 g/mol. The summed E-state index contributed by atoms with van der Waals surface area (Å²) in [7, 11) is 0. The van der Waals surface area contributed by atoms with Crippen molar-refractivity contribution in [1.82, 2.24) is 9.78 Å². The van der Waals surface area contributed by atoms with Crippen LogP contribution in [0, 0.1) is 0 Å². The third kappa shape index (κ3) is 2.38. The highest BCUT2D eigenvalue weighted by Crippen LogP contribution is 1.99. The minimum atomic E-state index is -0.814. The Morgan fingerprint density at radius 2 is 2.50 bits per heavy atom. The van der Waals surface area contributed by atoms with Crippen LogP contribution in [0.25, 0.3) is 0 Å². The van der Waals surface area contributed by atoms with Gasteiger partial charge < -0.3 is 5.11 Å². The number of hydrogen-bond donors (Lipinski definition) is 1. The summed E-state index contributed by atoms with van der Waals surface area (Å²) in [6, 6.07) is 0. The predicted octanol–water partition coefficient (Wildman–Crippen LogP) is 0.920. The predicted molar refractivity (Wildman–Crippen MR) is 43.9 cm³/mol. The molecular formula is C8H12N2O2. The summed E-state index contributed by atoms with van der Waals surface area (Å²) in [4.78, 5) is 10.3. The Morgan fingerprint density at radius 1 is 1.75 bits per heavy atom. The molecule has 0 spiro atoms. The average Bonchev–Trinajstić information content (AvgIpc) is 2.36. The molecule has 0 aliphatic heterocycles. The molecule has 1 rings (SSSR count). The standard InChI is InChI=1S/C8H12N2O2/c1-2-3-10-6-7(5-9-10)4-8(11)12/h5-6H,2-4H2,1H3,(H,11,12). The second-order valence-electron chi connectivity index (χ2n) is 2.68. The number of carboxylic acid groups (broad SMARTS) is 1. The molecule has 0 aliphatic rings. The Morgan fingerprint density at radius 3 is 3.08 bits per heavy atom. The third-order valence-corrected chi connectivity index (χ3v) is 1.49. The van der Waals surface area contributed by atoms with Gasteiger partial charge in [0.05, 0.1) is 12.6 Å². The summed E-state index contributed by atoms with van der Waals surface area (Å²) in [5.74, 6) is -0.814. The molecule has 12 heavy (non-hydrogen) atoms. The molecule has 0 fully saturated rings. The van der Waals surface area contributed by atoms with E-state index in [9.17, 15) is 4.79 Å². The third-order valence-electron chi connectivity index (χ3n) is 1.49. The van der Waals surface area contributed by atoms with Crippen molar-refractivity contribution in [3.8, 4) is 0 Å². The van der Waals surface area contributed by atoms with E-state index in [-0.39, 0.29) is 6.42 Å².